The average Bonchev–Trinajstić information content (AvgIpc) is 3.32. The molecule has 1 amide bonds. The van der Waals surface area contributed by atoms with Gasteiger partial charge >= 0.3 is 0 Å². The van der Waals surface area contributed by atoms with Crippen molar-refractivity contribution < 1.29 is 9.53 Å². The standard InChI is InChI=1S/C18H22N4O2/c23-16(19-14-11-18(24-12-14)8-4-5-9-18)10-15-20-17(22-21-15)13-6-2-1-3-7-13/h1-3,6-7,14H,4-5,8-12H2,(H,19,23)(H,20,21,22). The molecule has 1 aliphatic carbocycles. The normalized spacial score (nSPS) is 22.1. The highest BCUT2D eigenvalue weighted by Gasteiger charge is 2.42. The van der Waals surface area contributed by atoms with Gasteiger partial charge in [0.15, 0.2) is 5.82 Å². The maximum absolute atomic E-state index is 12.3. The minimum atomic E-state index is -0.0330. The minimum absolute atomic E-state index is 0.0324. The third kappa shape index (κ3) is 3.19. The lowest BCUT2D eigenvalue weighted by Gasteiger charge is -2.21. The van der Waals surface area contributed by atoms with E-state index in [0.29, 0.717) is 18.3 Å². The van der Waals surface area contributed by atoms with E-state index in [0.717, 1.165) is 24.8 Å². The van der Waals surface area contributed by atoms with Gasteiger partial charge in [0.05, 0.1) is 24.7 Å². The predicted molar refractivity (Wildman–Crippen MR) is 89.2 cm³/mol. The minimum Gasteiger partial charge on any atom is -0.373 e. The van der Waals surface area contributed by atoms with Gasteiger partial charge in [-0.15, -0.1) is 0 Å². The summed E-state index contributed by atoms with van der Waals surface area (Å²) in [6, 6.07) is 9.85. The van der Waals surface area contributed by atoms with Gasteiger partial charge in [0, 0.05) is 5.56 Å². The first-order valence-corrected chi connectivity index (χ1v) is 8.62. The molecule has 6 heteroatoms. The molecule has 2 N–H and O–H groups in total. The fraction of sp³-hybridized carbons (Fsp3) is 0.500. The van der Waals surface area contributed by atoms with Gasteiger partial charge in [0.1, 0.15) is 5.82 Å². The Morgan fingerprint density at radius 2 is 2.08 bits per heavy atom. The van der Waals surface area contributed by atoms with Gasteiger partial charge in [-0.3, -0.25) is 9.89 Å². The molecule has 1 aromatic heterocycles. The van der Waals surface area contributed by atoms with Gasteiger partial charge in [0.2, 0.25) is 5.91 Å². The summed E-state index contributed by atoms with van der Waals surface area (Å²) < 4.78 is 5.98. The Morgan fingerprint density at radius 1 is 1.29 bits per heavy atom. The molecule has 1 unspecified atom stereocenters. The van der Waals surface area contributed by atoms with Gasteiger partial charge in [-0.2, -0.15) is 5.10 Å². The van der Waals surface area contributed by atoms with Crippen molar-refractivity contribution in [2.24, 2.45) is 0 Å². The molecule has 1 spiro atoms. The zero-order valence-corrected chi connectivity index (χ0v) is 13.6. The molecule has 4 rings (SSSR count). The molecular formula is C18H22N4O2. The molecule has 2 aliphatic rings. The summed E-state index contributed by atoms with van der Waals surface area (Å²) in [4.78, 5) is 16.7. The molecule has 1 saturated carbocycles. The molecule has 1 atom stereocenters. The number of H-pyrrole nitrogens is 1. The van der Waals surface area contributed by atoms with Gasteiger partial charge < -0.3 is 10.1 Å². The number of aromatic nitrogens is 3. The van der Waals surface area contributed by atoms with Crippen molar-refractivity contribution in [3.8, 4) is 11.4 Å². The second kappa shape index (κ2) is 6.36. The number of nitrogens with zero attached hydrogens (tertiary/aromatic N) is 2. The number of aromatic amines is 1. The lowest BCUT2D eigenvalue weighted by atomic mass is 9.96. The fourth-order valence-electron chi connectivity index (χ4n) is 3.83. The Labute approximate surface area is 141 Å². The number of benzene rings is 1. The number of nitrogens with one attached hydrogen (secondary N) is 2. The zero-order valence-electron chi connectivity index (χ0n) is 13.6. The van der Waals surface area contributed by atoms with Crippen molar-refractivity contribution >= 4 is 5.91 Å². The van der Waals surface area contributed by atoms with Crippen LogP contribution in [0.25, 0.3) is 11.4 Å². The van der Waals surface area contributed by atoms with Crippen LogP contribution in [0.15, 0.2) is 30.3 Å². The maximum atomic E-state index is 12.3. The molecule has 0 radical (unpaired) electrons. The second-order valence-corrected chi connectivity index (χ2v) is 6.82. The van der Waals surface area contributed by atoms with Crippen LogP contribution in [0, 0.1) is 0 Å². The maximum Gasteiger partial charge on any atom is 0.227 e. The number of hydrogen-bond acceptors (Lipinski definition) is 4. The summed E-state index contributed by atoms with van der Waals surface area (Å²) >= 11 is 0. The number of carbonyl (C=O) groups excluding carboxylic acids is 1. The van der Waals surface area contributed by atoms with Crippen molar-refractivity contribution in [3.05, 3.63) is 36.2 Å². The summed E-state index contributed by atoms with van der Waals surface area (Å²) in [6.07, 6.45) is 5.87. The van der Waals surface area contributed by atoms with E-state index in [-0.39, 0.29) is 24.0 Å². The van der Waals surface area contributed by atoms with Crippen LogP contribution >= 0.6 is 0 Å². The van der Waals surface area contributed by atoms with Crippen molar-refractivity contribution in [1.29, 1.82) is 0 Å². The van der Waals surface area contributed by atoms with Crippen LogP contribution in [-0.4, -0.2) is 39.3 Å². The highest BCUT2D eigenvalue weighted by molar-refractivity contribution is 5.78. The molecule has 126 valence electrons. The van der Waals surface area contributed by atoms with E-state index in [1.165, 1.54) is 12.8 Å². The first-order chi connectivity index (χ1) is 11.7. The first kappa shape index (κ1) is 15.3. The fourth-order valence-corrected chi connectivity index (χ4v) is 3.83. The summed E-state index contributed by atoms with van der Waals surface area (Å²) in [5.74, 6) is 1.17. The SMILES string of the molecule is O=C(Cc1nc(-c2ccccc2)n[nH]1)NC1COC2(CCCC2)C1. The van der Waals surface area contributed by atoms with Gasteiger partial charge in [-0.25, -0.2) is 4.98 Å². The Balaban J connectivity index is 1.33. The third-order valence-corrected chi connectivity index (χ3v) is 4.98. The molecule has 0 bridgehead atoms. The Hall–Kier alpha value is -2.21. The predicted octanol–water partition coefficient (Wildman–Crippen LogP) is 2.23. The summed E-state index contributed by atoms with van der Waals surface area (Å²) in [6.45, 7) is 0.622. The van der Waals surface area contributed by atoms with Crippen LogP contribution in [0.2, 0.25) is 0 Å². The number of amides is 1. The molecule has 2 heterocycles. The zero-order chi connectivity index (χ0) is 16.4. The highest BCUT2D eigenvalue weighted by atomic mass is 16.5. The Kier molecular flexibility index (Phi) is 4.06. The Morgan fingerprint density at radius 3 is 2.88 bits per heavy atom. The van der Waals surface area contributed by atoms with Crippen LogP contribution in [-0.2, 0) is 16.0 Å². The summed E-state index contributed by atoms with van der Waals surface area (Å²) in [7, 11) is 0. The summed E-state index contributed by atoms with van der Waals surface area (Å²) in [5.41, 5.74) is 0.970. The average molecular weight is 326 g/mol. The number of ether oxygens (including phenoxy) is 1. The number of rotatable bonds is 4. The highest BCUT2D eigenvalue weighted by Crippen LogP contribution is 2.40. The quantitative estimate of drug-likeness (QED) is 0.903. The van der Waals surface area contributed by atoms with Crippen molar-refractivity contribution in [3.63, 3.8) is 0 Å². The van der Waals surface area contributed by atoms with Crippen molar-refractivity contribution in [2.75, 3.05) is 6.61 Å². The molecule has 24 heavy (non-hydrogen) atoms. The van der Waals surface area contributed by atoms with Crippen LogP contribution in [0.4, 0.5) is 0 Å². The number of hydrogen-bond donors (Lipinski definition) is 2. The smallest absolute Gasteiger partial charge is 0.227 e. The van der Waals surface area contributed by atoms with E-state index in [2.05, 4.69) is 20.5 Å². The van der Waals surface area contributed by atoms with Gasteiger partial charge in [-0.1, -0.05) is 43.2 Å². The lowest BCUT2D eigenvalue weighted by molar-refractivity contribution is -0.121. The molecule has 1 aromatic carbocycles. The first-order valence-electron chi connectivity index (χ1n) is 8.62. The molecule has 6 nitrogen and oxygen atoms in total. The molecule has 2 aromatic rings. The van der Waals surface area contributed by atoms with Gasteiger partial charge in [-0.05, 0) is 19.3 Å². The molecular weight excluding hydrogens is 304 g/mol. The van der Waals surface area contributed by atoms with E-state index in [4.69, 9.17) is 4.74 Å². The monoisotopic (exact) mass is 326 g/mol. The lowest BCUT2D eigenvalue weighted by Crippen LogP contribution is -2.37. The van der Waals surface area contributed by atoms with E-state index >= 15 is 0 Å². The van der Waals surface area contributed by atoms with Crippen molar-refractivity contribution in [2.45, 2.75) is 50.2 Å². The van der Waals surface area contributed by atoms with Crippen LogP contribution < -0.4 is 5.32 Å². The number of carbonyl (C=O) groups is 1. The topological polar surface area (TPSA) is 79.9 Å². The largest absolute Gasteiger partial charge is 0.373 e. The second-order valence-electron chi connectivity index (χ2n) is 6.82. The van der Waals surface area contributed by atoms with Crippen LogP contribution in [0.5, 0.6) is 0 Å². The Bertz CT molecular complexity index is 707. The third-order valence-electron chi connectivity index (χ3n) is 4.98. The van der Waals surface area contributed by atoms with Crippen LogP contribution in [0.3, 0.4) is 0 Å². The molecule has 1 aliphatic heterocycles. The van der Waals surface area contributed by atoms with Gasteiger partial charge in [0.25, 0.3) is 0 Å². The van der Waals surface area contributed by atoms with E-state index in [1.807, 2.05) is 30.3 Å². The van der Waals surface area contributed by atoms with E-state index in [1.54, 1.807) is 0 Å². The van der Waals surface area contributed by atoms with E-state index in [9.17, 15) is 4.79 Å². The van der Waals surface area contributed by atoms with Crippen molar-refractivity contribution in [1.82, 2.24) is 20.5 Å². The van der Waals surface area contributed by atoms with E-state index < -0.39 is 0 Å². The summed E-state index contributed by atoms with van der Waals surface area (Å²) in [5, 5.41) is 10.1. The molecule has 1 saturated heterocycles. The van der Waals surface area contributed by atoms with Crippen LogP contribution in [0.1, 0.15) is 37.9 Å². The molecule has 2 fully saturated rings.